The van der Waals surface area contributed by atoms with Crippen molar-refractivity contribution in [3.63, 3.8) is 0 Å². The van der Waals surface area contributed by atoms with Gasteiger partial charge in [-0.15, -0.1) is 0 Å². The number of nitrogens with zero attached hydrogens (tertiary/aromatic N) is 2. The summed E-state index contributed by atoms with van der Waals surface area (Å²) in [5.74, 6) is 0.832. The summed E-state index contributed by atoms with van der Waals surface area (Å²) in [7, 11) is 1.60. The Morgan fingerprint density at radius 1 is 1.24 bits per heavy atom. The molecule has 0 radical (unpaired) electrons. The van der Waals surface area contributed by atoms with E-state index in [1.54, 1.807) is 0 Å². The van der Waals surface area contributed by atoms with Gasteiger partial charge in [0.2, 0.25) is 0 Å². The van der Waals surface area contributed by atoms with Crippen molar-refractivity contribution in [2.75, 3.05) is 0 Å². The topological polar surface area (TPSA) is 52.0 Å². The molecule has 21 heavy (non-hydrogen) atoms. The highest BCUT2D eigenvalue weighted by molar-refractivity contribution is 8.13. The average Bonchev–Trinajstić information content (AvgIpc) is 2.78. The fourth-order valence-corrected chi connectivity index (χ4v) is 3.06. The zero-order chi connectivity index (χ0) is 15.8. The number of imidazole rings is 1. The Labute approximate surface area is 130 Å². The van der Waals surface area contributed by atoms with Crippen LogP contribution in [0.1, 0.15) is 42.3 Å². The Kier molecular flexibility index (Phi) is 4.44. The number of aryl methyl sites for hydroxylation is 2. The summed E-state index contributed by atoms with van der Waals surface area (Å²) in [5, 5.41) is -0.0842. The van der Waals surface area contributed by atoms with E-state index in [4.69, 9.17) is 10.7 Å². The lowest BCUT2D eigenvalue weighted by molar-refractivity contribution is 0.606. The molecule has 0 atom stereocenters. The molecule has 0 unspecified atom stereocenters. The van der Waals surface area contributed by atoms with E-state index in [9.17, 15) is 8.42 Å². The van der Waals surface area contributed by atoms with Gasteiger partial charge in [0.05, 0.1) is 0 Å². The van der Waals surface area contributed by atoms with E-state index in [1.807, 2.05) is 50.5 Å². The van der Waals surface area contributed by atoms with Crippen LogP contribution in [-0.2, 0) is 15.6 Å². The highest BCUT2D eigenvalue weighted by Crippen LogP contribution is 2.23. The van der Waals surface area contributed by atoms with Crippen LogP contribution < -0.4 is 0 Å². The second-order valence-corrected chi connectivity index (χ2v) is 8.04. The fraction of sp³-hybridized carbons (Fsp3) is 0.400. The maximum absolute atomic E-state index is 11.5. The third-order valence-electron chi connectivity index (χ3n) is 3.52. The lowest BCUT2D eigenvalue weighted by Crippen LogP contribution is -2.08. The molecule has 0 amide bonds. The van der Waals surface area contributed by atoms with Crippen molar-refractivity contribution in [2.24, 2.45) is 0 Å². The summed E-state index contributed by atoms with van der Waals surface area (Å²) < 4.78 is 24.9. The van der Waals surface area contributed by atoms with Gasteiger partial charge in [-0.3, -0.25) is 0 Å². The molecular weight excluding hydrogens is 308 g/mol. The van der Waals surface area contributed by atoms with Gasteiger partial charge in [0, 0.05) is 29.3 Å². The van der Waals surface area contributed by atoms with Crippen LogP contribution in [0.5, 0.6) is 0 Å². The van der Waals surface area contributed by atoms with Crippen molar-refractivity contribution in [1.29, 1.82) is 0 Å². The molecule has 2 aromatic rings. The number of halogens is 1. The van der Waals surface area contributed by atoms with E-state index in [1.165, 1.54) is 22.9 Å². The lowest BCUT2D eigenvalue weighted by atomic mass is 10.0. The minimum atomic E-state index is -3.81. The molecule has 0 aliphatic rings. The largest absolute Gasteiger partial charge is 0.329 e. The molecule has 1 heterocycles. The number of benzene rings is 1. The molecule has 0 saturated carbocycles. The Bertz CT molecular complexity index is 744. The van der Waals surface area contributed by atoms with Gasteiger partial charge in [0.15, 0.2) is 5.03 Å². The molecule has 0 spiro atoms. The summed E-state index contributed by atoms with van der Waals surface area (Å²) in [5.41, 5.74) is 3.53. The van der Waals surface area contributed by atoms with E-state index < -0.39 is 9.05 Å². The zero-order valence-electron chi connectivity index (χ0n) is 12.6. The van der Waals surface area contributed by atoms with Crippen molar-refractivity contribution in [1.82, 2.24) is 9.55 Å². The maximum atomic E-state index is 11.5. The van der Waals surface area contributed by atoms with Gasteiger partial charge in [-0.25, -0.2) is 13.4 Å². The number of hydrogen-bond donors (Lipinski definition) is 0. The van der Waals surface area contributed by atoms with Crippen molar-refractivity contribution < 1.29 is 8.42 Å². The van der Waals surface area contributed by atoms with E-state index in [2.05, 4.69) is 4.98 Å². The predicted molar refractivity (Wildman–Crippen MR) is 84.4 cm³/mol. The van der Waals surface area contributed by atoms with Crippen LogP contribution in [0.25, 0.3) is 0 Å². The van der Waals surface area contributed by atoms with Crippen LogP contribution in [0.2, 0.25) is 0 Å². The summed E-state index contributed by atoms with van der Waals surface area (Å²) in [4.78, 5) is 4.18. The molecule has 0 bridgehead atoms. The normalized spacial score (nSPS) is 12.1. The molecule has 6 heteroatoms. The molecule has 4 nitrogen and oxygen atoms in total. The quantitative estimate of drug-likeness (QED) is 0.807. The van der Waals surface area contributed by atoms with Crippen molar-refractivity contribution >= 4 is 19.7 Å². The maximum Gasteiger partial charge on any atom is 0.280 e. The molecule has 1 aromatic heterocycles. The van der Waals surface area contributed by atoms with Crippen molar-refractivity contribution in [3.8, 4) is 0 Å². The van der Waals surface area contributed by atoms with Gasteiger partial charge < -0.3 is 4.57 Å². The predicted octanol–water partition coefficient (Wildman–Crippen LogP) is 3.60. The van der Waals surface area contributed by atoms with Crippen LogP contribution in [0.3, 0.4) is 0 Å². The third-order valence-corrected chi connectivity index (χ3v) is 4.70. The molecule has 1 aromatic carbocycles. The van der Waals surface area contributed by atoms with Crippen LogP contribution >= 0.6 is 10.7 Å². The van der Waals surface area contributed by atoms with E-state index >= 15 is 0 Å². The Balaban J connectivity index is 2.51. The number of aromatic nitrogens is 2. The Morgan fingerprint density at radius 3 is 2.29 bits per heavy atom. The van der Waals surface area contributed by atoms with E-state index in [0.717, 1.165) is 5.82 Å². The molecular formula is C15H19ClN2O2S. The third kappa shape index (κ3) is 3.47. The van der Waals surface area contributed by atoms with Gasteiger partial charge in [-0.2, -0.15) is 0 Å². The van der Waals surface area contributed by atoms with Gasteiger partial charge in [-0.05, 0) is 30.5 Å². The van der Waals surface area contributed by atoms with Gasteiger partial charge in [-0.1, -0.05) is 32.0 Å². The Morgan fingerprint density at radius 2 is 1.81 bits per heavy atom. The molecule has 0 aliphatic heterocycles. The fourth-order valence-electron chi connectivity index (χ4n) is 2.38. The van der Waals surface area contributed by atoms with Crippen molar-refractivity contribution in [2.45, 2.75) is 45.2 Å². The van der Waals surface area contributed by atoms with E-state index in [0.29, 0.717) is 6.54 Å². The molecule has 2 rings (SSSR count). The molecule has 0 aliphatic carbocycles. The average molecular weight is 327 g/mol. The van der Waals surface area contributed by atoms with Crippen LogP contribution in [0, 0.1) is 13.8 Å². The first kappa shape index (κ1) is 16.0. The molecule has 114 valence electrons. The minimum Gasteiger partial charge on any atom is -0.329 e. The summed E-state index contributed by atoms with van der Waals surface area (Å²) in [6, 6.07) is 6.11. The second-order valence-electron chi connectivity index (χ2n) is 5.53. The SMILES string of the molecule is Cc1cccc(C)c1Cn1cc(S(=O)(=O)Cl)nc1C(C)C. The van der Waals surface area contributed by atoms with E-state index in [-0.39, 0.29) is 10.9 Å². The van der Waals surface area contributed by atoms with Crippen LogP contribution in [0.15, 0.2) is 29.4 Å². The molecule has 0 fully saturated rings. The van der Waals surface area contributed by atoms with Gasteiger partial charge in [0.25, 0.3) is 9.05 Å². The first-order valence-electron chi connectivity index (χ1n) is 6.77. The van der Waals surface area contributed by atoms with Crippen LogP contribution in [0.4, 0.5) is 0 Å². The number of rotatable bonds is 4. The van der Waals surface area contributed by atoms with Gasteiger partial charge in [0.1, 0.15) is 5.82 Å². The Hall–Kier alpha value is -1.33. The van der Waals surface area contributed by atoms with Gasteiger partial charge >= 0.3 is 0 Å². The summed E-state index contributed by atoms with van der Waals surface area (Å²) in [6.07, 6.45) is 1.52. The molecule has 0 saturated heterocycles. The molecule has 0 N–H and O–H groups in total. The smallest absolute Gasteiger partial charge is 0.280 e. The minimum absolute atomic E-state index is 0.0842. The highest BCUT2D eigenvalue weighted by atomic mass is 35.7. The summed E-state index contributed by atoms with van der Waals surface area (Å²) >= 11 is 0. The lowest BCUT2D eigenvalue weighted by Gasteiger charge is -2.14. The summed E-state index contributed by atoms with van der Waals surface area (Å²) in [6.45, 7) is 8.65. The highest BCUT2D eigenvalue weighted by Gasteiger charge is 2.20. The standard InChI is InChI=1S/C15H19ClN2O2S/c1-10(2)15-17-14(21(16,19)20)9-18(15)8-13-11(3)6-5-7-12(13)4/h5-7,9-10H,8H2,1-4H3. The first-order valence-corrected chi connectivity index (χ1v) is 9.08. The second kappa shape index (κ2) is 5.81. The monoisotopic (exact) mass is 326 g/mol. The van der Waals surface area contributed by atoms with Crippen molar-refractivity contribution in [3.05, 3.63) is 46.9 Å². The zero-order valence-corrected chi connectivity index (χ0v) is 14.2. The first-order chi connectivity index (χ1) is 9.70. The number of hydrogen-bond acceptors (Lipinski definition) is 3. The van der Waals surface area contributed by atoms with Crippen LogP contribution in [-0.4, -0.2) is 18.0 Å².